The number of ether oxygens (including phenoxy) is 1. The van der Waals surface area contributed by atoms with Crippen molar-refractivity contribution in [1.29, 1.82) is 0 Å². The normalized spacial score (nSPS) is 15.4. The molecule has 0 amide bonds. The van der Waals surface area contributed by atoms with Gasteiger partial charge in [0.1, 0.15) is 5.75 Å². The van der Waals surface area contributed by atoms with Gasteiger partial charge in [0.2, 0.25) is 5.90 Å². The number of nitrogens with zero attached hydrogens (tertiary/aromatic N) is 1. The van der Waals surface area contributed by atoms with Crippen molar-refractivity contribution >= 4 is 17.8 Å². The van der Waals surface area contributed by atoms with E-state index in [9.17, 15) is 5.11 Å². The monoisotopic (exact) mass is 193 g/mol. The van der Waals surface area contributed by atoms with Crippen molar-refractivity contribution in [2.75, 3.05) is 0 Å². The lowest BCUT2D eigenvalue weighted by Crippen LogP contribution is -1.99. The van der Waals surface area contributed by atoms with Crippen LogP contribution in [0, 0.1) is 0 Å². The van der Waals surface area contributed by atoms with Gasteiger partial charge in [-0.3, -0.25) is 0 Å². The van der Waals surface area contributed by atoms with Gasteiger partial charge in [-0.1, -0.05) is 12.1 Å². The summed E-state index contributed by atoms with van der Waals surface area (Å²) in [4.78, 5) is 0. The van der Waals surface area contributed by atoms with Crippen molar-refractivity contribution in [3.05, 3.63) is 41.5 Å². The molecule has 0 fully saturated rings. The number of benzene rings is 1. The van der Waals surface area contributed by atoms with Crippen molar-refractivity contribution in [2.45, 2.75) is 0 Å². The van der Waals surface area contributed by atoms with Gasteiger partial charge in [0, 0.05) is 0 Å². The van der Waals surface area contributed by atoms with Crippen LogP contribution in [0.25, 0.3) is 0 Å². The second-order valence-corrected chi connectivity index (χ2v) is 3.30. The van der Waals surface area contributed by atoms with E-state index in [-0.39, 0.29) is 5.75 Å². The molecular weight excluding hydrogens is 186 g/mol. The molecule has 3 nitrogen and oxygen atoms in total. The maximum absolute atomic E-state index is 9.46. The van der Waals surface area contributed by atoms with E-state index in [0.717, 1.165) is 0 Å². The molecule has 1 aromatic carbocycles. The summed E-state index contributed by atoms with van der Waals surface area (Å²) < 4.78 is 9.19. The van der Waals surface area contributed by atoms with Gasteiger partial charge in [0.15, 0.2) is 5.09 Å². The third kappa shape index (κ3) is 1.53. The number of aromatic hydroxyl groups is 1. The molecule has 4 heteroatoms. The molecule has 1 aliphatic heterocycles. The largest absolute Gasteiger partial charge is 0.507 e. The Morgan fingerprint density at radius 2 is 2.15 bits per heavy atom. The zero-order valence-electron chi connectivity index (χ0n) is 6.73. The molecule has 0 spiro atoms. The van der Waals surface area contributed by atoms with Crippen LogP contribution in [0.15, 0.2) is 40.3 Å². The van der Waals surface area contributed by atoms with E-state index >= 15 is 0 Å². The Kier molecular flexibility index (Phi) is 1.98. The van der Waals surface area contributed by atoms with E-state index in [1.165, 1.54) is 11.9 Å². The van der Waals surface area contributed by atoms with E-state index in [1.807, 2.05) is 6.07 Å². The summed E-state index contributed by atoms with van der Waals surface area (Å²) in [5, 5.41) is 9.98. The van der Waals surface area contributed by atoms with Gasteiger partial charge in [0.05, 0.1) is 17.5 Å². The predicted octanol–water partition coefficient (Wildman–Crippen LogP) is 2.29. The summed E-state index contributed by atoms with van der Waals surface area (Å²) >= 11 is 1.17. The molecule has 0 radical (unpaired) electrons. The quantitative estimate of drug-likeness (QED) is 0.696. The van der Waals surface area contributed by atoms with Crippen molar-refractivity contribution in [3.8, 4) is 5.75 Å². The molecular formula is C9H7NO2S. The molecule has 1 N–H and O–H groups in total. The van der Waals surface area contributed by atoms with Crippen LogP contribution in [0.1, 0.15) is 5.56 Å². The lowest BCUT2D eigenvalue weighted by atomic mass is 10.2. The second-order valence-electron chi connectivity index (χ2n) is 2.48. The maximum Gasteiger partial charge on any atom is 0.238 e. The molecule has 2 rings (SSSR count). The highest BCUT2D eigenvalue weighted by Gasteiger charge is 2.17. The molecule has 0 saturated carbocycles. The van der Waals surface area contributed by atoms with Crippen LogP contribution in [0.4, 0.5) is 0 Å². The fourth-order valence-electron chi connectivity index (χ4n) is 0.996. The maximum atomic E-state index is 9.46. The molecule has 0 unspecified atom stereocenters. The van der Waals surface area contributed by atoms with E-state index in [4.69, 9.17) is 4.74 Å². The Labute approximate surface area is 79.9 Å². The minimum absolute atomic E-state index is 0.163. The average molecular weight is 193 g/mol. The Morgan fingerprint density at radius 1 is 1.38 bits per heavy atom. The highest BCUT2D eigenvalue weighted by Crippen LogP contribution is 2.29. The molecule has 0 atom stereocenters. The van der Waals surface area contributed by atoms with E-state index in [1.54, 1.807) is 18.2 Å². The first-order valence-electron chi connectivity index (χ1n) is 3.67. The smallest absolute Gasteiger partial charge is 0.238 e. The van der Waals surface area contributed by atoms with E-state index < -0.39 is 0 Å². The first kappa shape index (κ1) is 8.19. The molecule has 1 heterocycles. The fraction of sp³-hybridized carbons (Fsp3) is 0. The van der Waals surface area contributed by atoms with Gasteiger partial charge >= 0.3 is 0 Å². The Bertz CT molecular complexity index is 387. The van der Waals surface area contributed by atoms with Gasteiger partial charge in [-0.2, -0.15) is 4.40 Å². The van der Waals surface area contributed by atoms with Gasteiger partial charge in [-0.05, 0) is 18.7 Å². The third-order valence-corrected chi connectivity index (χ3v) is 2.12. The lowest BCUT2D eigenvalue weighted by Gasteiger charge is -2.02. The Morgan fingerprint density at radius 3 is 2.77 bits per heavy atom. The average Bonchev–Trinajstić information content (AvgIpc) is 2.53. The minimum atomic E-state index is 0.163. The number of hydrogen-bond donors (Lipinski definition) is 1. The predicted molar refractivity (Wildman–Crippen MR) is 52.5 cm³/mol. The highest BCUT2D eigenvalue weighted by atomic mass is 32.2. The first-order chi connectivity index (χ1) is 6.27. The van der Waals surface area contributed by atoms with E-state index in [2.05, 4.69) is 11.0 Å². The number of phenolic OH excluding ortho intramolecular Hbond substituents is 1. The van der Waals surface area contributed by atoms with E-state index in [0.29, 0.717) is 16.6 Å². The third-order valence-electron chi connectivity index (χ3n) is 1.58. The van der Waals surface area contributed by atoms with Crippen LogP contribution in [0.2, 0.25) is 0 Å². The van der Waals surface area contributed by atoms with Crippen LogP contribution in [0.5, 0.6) is 5.75 Å². The Hall–Kier alpha value is -1.42. The summed E-state index contributed by atoms with van der Waals surface area (Å²) in [6.07, 6.45) is 0. The zero-order valence-corrected chi connectivity index (χ0v) is 7.54. The second kappa shape index (κ2) is 3.14. The minimum Gasteiger partial charge on any atom is -0.507 e. The molecule has 0 bridgehead atoms. The topological polar surface area (TPSA) is 41.8 Å². The number of para-hydroxylation sites is 1. The van der Waals surface area contributed by atoms with Crippen molar-refractivity contribution in [2.24, 2.45) is 4.40 Å². The van der Waals surface area contributed by atoms with Gasteiger partial charge in [-0.15, -0.1) is 0 Å². The van der Waals surface area contributed by atoms with Crippen molar-refractivity contribution in [3.63, 3.8) is 0 Å². The molecule has 13 heavy (non-hydrogen) atoms. The van der Waals surface area contributed by atoms with Crippen LogP contribution in [-0.4, -0.2) is 11.0 Å². The zero-order chi connectivity index (χ0) is 9.26. The van der Waals surface area contributed by atoms with Crippen LogP contribution in [0.3, 0.4) is 0 Å². The lowest BCUT2D eigenvalue weighted by molar-refractivity contribution is 0.451. The summed E-state index contributed by atoms with van der Waals surface area (Å²) in [5.41, 5.74) is 0.591. The number of phenols is 1. The molecule has 1 aliphatic rings. The SMILES string of the molecule is C=C1OC(c2ccccc2O)=NS1. The molecule has 0 aliphatic carbocycles. The molecule has 0 aromatic heterocycles. The summed E-state index contributed by atoms with van der Waals surface area (Å²) in [7, 11) is 0. The van der Waals surface area contributed by atoms with Gasteiger partial charge < -0.3 is 9.84 Å². The van der Waals surface area contributed by atoms with Gasteiger partial charge in [-0.25, -0.2) is 0 Å². The highest BCUT2D eigenvalue weighted by molar-refractivity contribution is 8.02. The number of hydrogen-bond acceptors (Lipinski definition) is 4. The summed E-state index contributed by atoms with van der Waals surface area (Å²) in [5.74, 6) is 0.574. The van der Waals surface area contributed by atoms with Crippen LogP contribution in [-0.2, 0) is 4.74 Å². The van der Waals surface area contributed by atoms with Gasteiger partial charge in [0.25, 0.3) is 0 Å². The molecule has 1 aromatic rings. The number of rotatable bonds is 1. The van der Waals surface area contributed by atoms with Crippen molar-refractivity contribution < 1.29 is 9.84 Å². The summed E-state index contributed by atoms with van der Waals surface area (Å²) in [6, 6.07) is 6.89. The molecule has 0 saturated heterocycles. The first-order valence-corrected chi connectivity index (χ1v) is 4.45. The standard InChI is InChI=1S/C9H7NO2S/c1-6-12-9(10-13-6)7-4-2-3-5-8(7)11/h2-5,11H,1H2. The molecule has 66 valence electrons. The Balaban J connectivity index is 2.37. The van der Waals surface area contributed by atoms with Crippen molar-refractivity contribution in [1.82, 2.24) is 0 Å². The summed E-state index contributed by atoms with van der Waals surface area (Å²) in [6.45, 7) is 3.60. The fourth-order valence-corrected chi connectivity index (χ4v) is 1.43. The van der Waals surface area contributed by atoms with Crippen LogP contribution >= 0.6 is 11.9 Å². The van der Waals surface area contributed by atoms with Crippen LogP contribution < -0.4 is 0 Å².